The molecule has 2 atom stereocenters. The molecule has 138 valence electrons. The Labute approximate surface area is 155 Å². The van der Waals surface area contributed by atoms with E-state index in [-0.39, 0.29) is 35.5 Å². The molecule has 0 unspecified atom stereocenters. The minimum absolute atomic E-state index is 0.0224. The third-order valence-corrected chi connectivity index (χ3v) is 5.44. The van der Waals surface area contributed by atoms with Crippen LogP contribution in [0.1, 0.15) is 34.6 Å². The topological polar surface area (TPSA) is 82.2 Å². The summed E-state index contributed by atoms with van der Waals surface area (Å²) in [7, 11) is 1.87. The van der Waals surface area contributed by atoms with Gasteiger partial charge in [0.1, 0.15) is 11.6 Å². The van der Waals surface area contributed by atoms with Crippen LogP contribution in [0.25, 0.3) is 0 Å². The van der Waals surface area contributed by atoms with Crippen LogP contribution in [0.5, 0.6) is 0 Å². The van der Waals surface area contributed by atoms with Crippen LogP contribution in [0, 0.1) is 17.1 Å². The maximum atomic E-state index is 14.2. The van der Waals surface area contributed by atoms with Crippen LogP contribution in [0.2, 0.25) is 0 Å². The second-order valence-electron chi connectivity index (χ2n) is 6.91. The summed E-state index contributed by atoms with van der Waals surface area (Å²) in [6.07, 6.45) is 4.40. The van der Waals surface area contributed by atoms with Gasteiger partial charge in [-0.2, -0.15) is 5.26 Å². The highest BCUT2D eigenvalue weighted by Crippen LogP contribution is 2.34. The molecule has 0 radical (unpaired) electrons. The van der Waals surface area contributed by atoms with Gasteiger partial charge in [0, 0.05) is 32.4 Å². The summed E-state index contributed by atoms with van der Waals surface area (Å²) >= 11 is 0. The third kappa shape index (κ3) is 2.85. The smallest absolute Gasteiger partial charge is 0.257 e. The van der Waals surface area contributed by atoms with Crippen molar-refractivity contribution < 1.29 is 14.0 Å². The first-order chi connectivity index (χ1) is 13.0. The zero-order chi connectivity index (χ0) is 19.1. The van der Waals surface area contributed by atoms with Crippen LogP contribution in [-0.4, -0.2) is 49.8 Å². The number of likely N-dealkylation sites (tertiary alicyclic amines) is 2. The van der Waals surface area contributed by atoms with Gasteiger partial charge < -0.3 is 14.4 Å². The summed E-state index contributed by atoms with van der Waals surface area (Å²) in [6.45, 7) is 0.870. The van der Waals surface area contributed by atoms with Crippen molar-refractivity contribution in [1.82, 2.24) is 19.4 Å². The van der Waals surface area contributed by atoms with Crippen LogP contribution in [0.4, 0.5) is 4.39 Å². The highest BCUT2D eigenvalue weighted by Gasteiger charge is 2.48. The number of nitriles is 1. The molecule has 2 aromatic rings. The van der Waals surface area contributed by atoms with Crippen molar-refractivity contribution in [2.75, 3.05) is 6.54 Å². The summed E-state index contributed by atoms with van der Waals surface area (Å²) in [4.78, 5) is 33.0. The number of carbonyl (C=O) groups is 2. The second kappa shape index (κ2) is 6.50. The lowest BCUT2D eigenvalue weighted by Crippen LogP contribution is -2.40. The Bertz CT molecular complexity index is 963. The Morgan fingerprint density at radius 1 is 1.41 bits per heavy atom. The largest absolute Gasteiger partial charge is 0.337 e. The van der Waals surface area contributed by atoms with Crippen LogP contribution < -0.4 is 0 Å². The van der Waals surface area contributed by atoms with E-state index in [1.807, 2.05) is 23.9 Å². The molecule has 2 amide bonds. The Hall–Kier alpha value is -3.21. The molecule has 0 saturated carbocycles. The van der Waals surface area contributed by atoms with Crippen LogP contribution >= 0.6 is 0 Å². The standard InChI is InChI=1S/C19H18FN5O2/c1-23-7-5-22-17(23)11-25-15-4-6-24(16(15)9-18(25)26)19(27)13-3-2-12(10-21)8-14(13)20/h2-3,5,7-8,15-16H,4,6,9,11H2,1H3/t15-,16-/m0/s1. The van der Waals surface area contributed by atoms with E-state index in [1.54, 1.807) is 16.0 Å². The summed E-state index contributed by atoms with van der Waals surface area (Å²) in [5.41, 5.74) is 0.102. The van der Waals surface area contributed by atoms with Crippen molar-refractivity contribution in [2.24, 2.45) is 7.05 Å². The molecule has 2 saturated heterocycles. The number of rotatable bonds is 3. The Kier molecular flexibility index (Phi) is 4.15. The molecule has 27 heavy (non-hydrogen) atoms. The quantitative estimate of drug-likeness (QED) is 0.822. The molecule has 7 nitrogen and oxygen atoms in total. The molecule has 1 aromatic carbocycles. The highest BCUT2D eigenvalue weighted by atomic mass is 19.1. The molecule has 8 heteroatoms. The van der Waals surface area contributed by atoms with Gasteiger partial charge in [-0.05, 0) is 24.6 Å². The number of aryl methyl sites for hydroxylation is 1. The van der Waals surface area contributed by atoms with E-state index in [2.05, 4.69) is 4.98 Å². The maximum absolute atomic E-state index is 14.2. The van der Waals surface area contributed by atoms with Crippen LogP contribution in [-0.2, 0) is 18.4 Å². The Balaban J connectivity index is 1.54. The average Bonchev–Trinajstić information content (AvgIpc) is 3.32. The molecule has 0 bridgehead atoms. The van der Waals surface area contributed by atoms with Crippen molar-refractivity contribution in [3.05, 3.63) is 53.4 Å². The van der Waals surface area contributed by atoms with Gasteiger partial charge in [-0.1, -0.05) is 0 Å². The molecule has 2 aliphatic rings. The highest BCUT2D eigenvalue weighted by molar-refractivity contribution is 5.96. The fourth-order valence-corrected chi connectivity index (χ4v) is 4.00. The van der Waals surface area contributed by atoms with E-state index in [4.69, 9.17) is 5.26 Å². The predicted octanol–water partition coefficient (Wildman–Crippen LogP) is 1.45. The van der Waals surface area contributed by atoms with Gasteiger partial charge in [0.2, 0.25) is 5.91 Å². The van der Waals surface area contributed by atoms with Crippen molar-refractivity contribution in [1.29, 1.82) is 5.26 Å². The summed E-state index contributed by atoms with van der Waals surface area (Å²) in [6, 6.07) is 5.34. The van der Waals surface area contributed by atoms with Gasteiger partial charge in [-0.15, -0.1) is 0 Å². The molecule has 2 aliphatic heterocycles. The van der Waals surface area contributed by atoms with Gasteiger partial charge in [0.25, 0.3) is 5.91 Å². The number of benzene rings is 1. The normalized spacial score (nSPS) is 21.4. The maximum Gasteiger partial charge on any atom is 0.257 e. The number of amides is 2. The molecule has 0 aliphatic carbocycles. The van der Waals surface area contributed by atoms with Gasteiger partial charge in [0.15, 0.2) is 0 Å². The van der Waals surface area contributed by atoms with E-state index < -0.39 is 11.7 Å². The van der Waals surface area contributed by atoms with Gasteiger partial charge in [-0.25, -0.2) is 9.37 Å². The fraction of sp³-hybridized carbons (Fsp3) is 0.368. The molecular formula is C19H18FN5O2. The molecular weight excluding hydrogens is 349 g/mol. The molecule has 2 fully saturated rings. The first-order valence-corrected chi connectivity index (χ1v) is 8.76. The van der Waals surface area contributed by atoms with Gasteiger partial charge in [-0.3, -0.25) is 9.59 Å². The zero-order valence-corrected chi connectivity index (χ0v) is 14.8. The monoisotopic (exact) mass is 367 g/mol. The molecule has 0 spiro atoms. The van der Waals surface area contributed by atoms with E-state index in [1.165, 1.54) is 12.1 Å². The number of nitrogens with zero attached hydrogens (tertiary/aromatic N) is 5. The first kappa shape index (κ1) is 17.2. The SMILES string of the molecule is Cn1ccnc1CN1C(=O)C[C@H]2[C@@H]1CCN2C(=O)c1ccc(C#N)cc1F. The lowest BCUT2D eigenvalue weighted by molar-refractivity contribution is -0.129. The van der Waals surface area contributed by atoms with E-state index in [0.29, 0.717) is 19.5 Å². The summed E-state index contributed by atoms with van der Waals surface area (Å²) < 4.78 is 16.1. The van der Waals surface area contributed by atoms with Crippen molar-refractivity contribution in [3.8, 4) is 6.07 Å². The summed E-state index contributed by atoms with van der Waals surface area (Å²) in [5, 5.41) is 8.85. The van der Waals surface area contributed by atoms with Crippen molar-refractivity contribution >= 4 is 11.8 Å². The van der Waals surface area contributed by atoms with Crippen molar-refractivity contribution in [2.45, 2.75) is 31.5 Å². The van der Waals surface area contributed by atoms with Gasteiger partial charge in [0.05, 0.1) is 35.8 Å². The van der Waals surface area contributed by atoms with Crippen molar-refractivity contribution in [3.63, 3.8) is 0 Å². The number of fused-ring (bicyclic) bond motifs is 1. The van der Waals surface area contributed by atoms with Crippen LogP contribution in [0.15, 0.2) is 30.6 Å². The number of hydrogen-bond acceptors (Lipinski definition) is 4. The zero-order valence-electron chi connectivity index (χ0n) is 14.8. The number of imidazole rings is 1. The number of hydrogen-bond donors (Lipinski definition) is 0. The molecule has 1 aromatic heterocycles. The number of aromatic nitrogens is 2. The minimum Gasteiger partial charge on any atom is -0.337 e. The number of halogens is 1. The van der Waals surface area contributed by atoms with E-state index >= 15 is 0 Å². The van der Waals surface area contributed by atoms with E-state index in [0.717, 1.165) is 11.9 Å². The Morgan fingerprint density at radius 2 is 2.22 bits per heavy atom. The molecule has 3 heterocycles. The van der Waals surface area contributed by atoms with E-state index in [9.17, 15) is 14.0 Å². The lowest BCUT2D eigenvalue weighted by Gasteiger charge is -2.25. The molecule has 4 rings (SSSR count). The fourth-order valence-electron chi connectivity index (χ4n) is 4.00. The van der Waals surface area contributed by atoms with Gasteiger partial charge >= 0.3 is 0 Å². The molecule has 0 N–H and O–H groups in total. The third-order valence-electron chi connectivity index (χ3n) is 5.44. The summed E-state index contributed by atoms with van der Waals surface area (Å²) in [5.74, 6) is -0.384. The second-order valence-corrected chi connectivity index (χ2v) is 6.91. The van der Waals surface area contributed by atoms with Crippen LogP contribution in [0.3, 0.4) is 0 Å². The first-order valence-electron chi connectivity index (χ1n) is 8.76. The average molecular weight is 367 g/mol. The Morgan fingerprint density at radius 3 is 2.89 bits per heavy atom. The lowest BCUT2D eigenvalue weighted by atomic mass is 10.1. The minimum atomic E-state index is -0.711. The predicted molar refractivity (Wildman–Crippen MR) is 92.7 cm³/mol. The number of carbonyl (C=O) groups excluding carboxylic acids is 2.